The van der Waals surface area contributed by atoms with Crippen LogP contribution in [0.25, 0.3) is 10.8 Å². The number of benzene rings is 2. The number of likely N-dealkylation sites (tertiary alicyclic amines) is 1. The number of amides is 2. The van der Waals surface area contributed by atoms with E-state index in [1.165, 1.54) is 11.3 Å². The van der Waals surface area contributed by atoms with Crippen molar-refractivity contribution < 1.29 is 19.1 Å². The molecule has 0 unspecified atom stereocenters. The Morgan fingerprint density at radius 1 is 1.06 bits per heavy atom. The van der Waals surface area contributed by atoms with Crippen LogP contribution in [0.1, 0.15) is 37.0 Å². The summed E-state index contributed by atoms with van der Waals surface area (Å²) in [5, 5.41) is 17.3. The number of nitrogens with one attached hydrogen (secondary N) is 2. The Bertz CT molecular complexity index is 1130. The van der Waals surface area contributed by atoms with Gasteiger partial charge in [-0.1, -0.05) is 41.7 Å². The van der Waals surface area contributed by atoms with Crippen molar-refractivity contribution in [3.63, 3.8) is 0 Å². The molecule has 0 spiro atoms. The lowest BCUT2D eigenvalue weighted by Crippen LogP contribution is -2.42. The maximum Gasteiger partial charge on any atom is 0.409 e. The summed E-state index contributed by atoms with van der Waals surface area (Å²) in [5.74, 6) is 0.241. The van der Waals surface area contributed by atoms with Crippen LogP contribution in [0.15, 0.2) is 36.4 Å². The first-order valence-electron chi connectivity index (χ1n) is 11.1. The minimum atomic E-state index is -0.291. The number of carbonyl (C=O) groups is 2. The quantitative estimate of drug-likeness (QED) is 0.529. The molecule has 1 fully saturated rings. The first kappa shape index (κ1) is 22.8. The van der Waals surface area contributed by atoms with Gasteiger partial charge in [-0.15, -0.1) is 10.2 Å². The molecule has 0 bridgehead atoms. The Morgan fingerprint density at radius 3 is 2.58 bits per heavy atom. The highest BCUT2D eigenvalue weighted by atomic mass is 32.1. The third-order valence-electron chi connectivity index (χ3n) is 5.41. The molecule has 0 radical (unpaired) electrons. The predicted molar refractivity (Wildman–Crippen MR) is 128 cm³/mol. The smallest absolute Gasteiger partial charge is 0.409 e. The molecule has 2 N–H and O–H groups in total. The Hall–Kier alpha value is -3.40. The number of carbonyl (C=O) groups excluding carboxylic acids is 2. The average Bonchev–Trinajstić information content (AvgIpc) is 3.26. The Morgan fingerprint density at radius 2 is 1.82 bits per heavy atom. The van der Waals surface area contributed by atoms with Crippen LogP contribution in [0.3, 0.4) is 0 Å². The van der Waals surface area contributed by atoms with Crippen LogP contribution in [0, 0.1) is 0 Å². The molecule has 10 heteroatoms. The van der Waals surface area contributed by atoms with E-state index < -0.39 is 0 Å². The van der Waals surface area contributed by atoms with Gasteiger partial charge in [0.05, 0.1) is 18.8 Å². The van der Waals surface area contributed by atoms with Crippen LogP contribution < -0.4 is 15.4 Å². The molecule has 2 amide bonds. The molecule has 1 aliphatic heterocycles. The lowest BCUT2D eigenvalue weighted by atomic mass is 10.0. The molecule has 9 nitrogen and oxygen atoms in total. The predicted octanol–water partition coefficient (Wildman–Crippen LogP) is 4.38. The number of piperidine rings is 1. The third kappa shape index (κ3) is 5.33. The number of hydrogen-bond donors (Lipinski definition) is 2. The van der Waals surface area contributed by atoms with Crippen molar-refractivity contribution in [2.75, 3.05) is 36.9 Å². The second-order valence-corrected chi connectivity index (χ2v) is 8.54. The molecule has 3 aromatic rings. The molecule has 0 aliphatic carbocycles. The maximum absolute atomic E-state index is 13.2. The first-order valence-corrected chi connectivity index (χ1v) is 11.9. The molecule has 1 aromatic heterocycles. The monoisotopic (exact) mass is 469 g/mol. The molecular formula is C23H27N5O4S. The summed E-state index contributed by atoms with van der Waals surface area (Å²) in [5.41, 5.74) is 0.478. The minimum Gasteiger partial charge on any atom is -0.493 e. The van der Waals surface area contributed by atoms with E-state index in [0.717, 1.165) is 23.6 Å². The summed E-state index contributed by atoms with van der Waals surface area (Å²) in [7, 11) is 0. The number of aromatic nitrogens is 2. The van der Waals surface area contributed by atoms with Gasteiger partial charge in [-0.3, -0.25) is 10.1 Å². The molecule has 33 heavy (non-hydrogen) atoms. The van der Waals surface area contributed by atoms with Crippen LogP contribution in [0.4, 0.5) is 15.1 Å². The van der Waals surface area contributed by atoms with Gasteiger partial charge in [0.15, 0.2) is 0 Å². The average molecular weight is 470 g/mol. The molecule has 2 aromatic carbocycles. The molecule has 1 saturated heterocycles. The lowest BCUT2D eigenvalue weighted by molar-refractivity contribution is 0.0981. The van der Waals surface area contributed by atoms with E-state index in [2.05, 4.69) is 20.8 Å². The zero-order valence-corrected chi connectivity index (χ0v) is 19.5. The molecule has 2 heterocycles. The van der Waals surface area contributed by atoms with E-state index in [0.29, 0.717) is 47.9 Å². The van der Waals surface area contributed by atoms with Crippen molar-refractivity contribution in [2.45, 2.75) is 32.7 Å². The molecular weight excluding hydrogens is 442 g/mol. The van der Waals surface area contributed by atoms with E-state index >= 15 is 0 Å². The number of nitrogens with zero attached hydrogens (tertiary/aromatic N) is 3. The highest BCUT2D eigenvalue weighted by molar-refractivity contribution is 7.19. The maximum atomic E-state index is 13.2. The van der Waals surface area contributed by atoms with E-state index in [1.807, 2.05) is 43.3 Å². The van der Waals surface area contributed by atoms with Crippen molar-refractivity contribution in [3.05, 3.63) is 42.0 Å². The van der Waals surface area contributed by atoms with Gasteiger partial charge in [0.1, 0.15) is 5.75 Å². The topological polar surface area (TPSA) is 106 Å². The van der Waals surface area contributed by atoms with Gasteiger partial charge in [-0.05, 0) is 43.5 Å². The number of hydrogen-bond acceptors (Lipinski definition) is 8. The standard InChI is InChI=1S/C23H27N5O4S/c1-3-31-18-10-9-15-7-5-6-8-17(15)19(18)20(29)25-22-27-26-21(33-22)24-16-11-13-28(14-12-16)23(30)32-4-2/h5-10,16H,3-4,11-14H2,1-2H3,(H,24,26)(H,25,27,29). The summed E-state index contributed by atoms with van der Waals surface area (Å²) < 4.78 is 10.8. The first-order chi connectivity index (χ1) is 16.1. The van der Waals surface area contributed by atoms with E-state index in [1.54, 1.807) is 11.8 Å². The van der Waals surface area contributed by atoms with Crippen LogP contribution in [-0.4, -0.2) is 59.4 Å². The highest BCUT2D eigenvalue weighted by Gasteiger charge is 2.24. The Balaban J connectivity index is 1.41. The number of ether oxygens (including phenoxy) is 2. The minimum absolute atomic E-state index is 0.176. The normalized spacial score (nSPS) is 14.2. The van der Waals surface area contributed by atoms with E-state index in [9.17, 15) is 9.59 Å². The van der Waals surface area contributed by atoms with Crippen LogP contribution in [-0.2, 0) is 4.74 Å². The van der Waals surface area contributed by atoms with Crippen molar-refractivity contribution >= 4 is 44.4 Å². The summed E-state index contributed by atoms with van der Waals surface area (Å²) in [6, 6.07) is 11.6. The van der Waals surface area contributed by atoms with Gasteiger partial charge in [0.2, 0.25) is 10.3 Å². The zero-order valence-electron chi connectivity index (χ0n) is 18.7. The third-order valence-corrected chi connectivity index (χ3v) is 6.18. The molecule has 4 rings (SSSR count). The van der Waals surface area contributed by atoms with Gasteiger partial charge >= 0.3 is 6.09 Å². The van der Waals surface area contributed by atoms with E-state index in [-0.39, 0.29) is 18.0 Å². The van der Waals surface area contributed by atoms with Crippen LogP contribution >= 0.6 is 11.3 Å². The molecule has 174 valence electrons. The van der Waals surface area contributed by atoms with Gasteiger partial charge in [0.25, 0.3) is 5.91 Å². The second kappa shape index (κ2) is 10.5. The summed E-state index contributed by atoms with van der Waals surface area (Å²) in [4.78, 5) is 26.7. The van der Waals surface area contributed by atoms with Crippen molar-refractivity contribution in [1.82, 2.24) is 15.1 Å². The summed E-state index contributed by atoms with van der Waals surface area (Å²) >= 11 is 1.28. The van der Waals surface area contributed by atoms with Gasteiger partial charge in [0, 0.05) is 19.1 Å². The Kier molecular flexibility index (Phi) is 7.23. The number of rotatable bonds is 7. The largest absolute Gasteiger partial charge is 0.493 e. The SMILES string of the molecule is CCOC(=O)N1CCC(Nc2nnc(NC(=O)c3c(OCC)ccc4ccccc34)s2)CC1. The van der Waals surface area contributed by atoms with Crippen molar-refractivity contribution in [3.8, 4) is 5.75 Å². The summed E-state index contributed by atoms with van der Waals surface area (Å²) in [6.45, 7) is 5.77. The fourth-order valence-corrected chi connectivity index (χ4v) is 4.56. The van der Waals surface area contributed by atoms with Crippen LogP contribution in [0.5, 0.6) is 5.75 Å². The number of anilines is 2. The number of fused-ring (bicyclic) bond motifs is 1. The second-order valence-electron chi connectivity index (χ2n) is 7.56. The van der Waals surface area contributed by atoms with Gasteiger partial charge in [-0.25, -0.2) is 4.79 Å². The van der Waals surface area contributed by atoms with Gasteiger partial charge in [-0.2, -0.15) is 0 Å². The fourth-order valence-electron chi connectivity index (χ4n) is 3.85. The lowest BCUT2D eigenvalue weighted by Gasteiger charge is -2.31. The zero-order chi connectivity index (χ0) is 23.2. The van der Waals surface area contributed by atoms with Crippen LogP contribution in [0.2, 0.25) is 0 Å². The highest BCUT2D eigenvalue weighted by Crippen LogP contribution is 2.30. The summed E-state index contributed by atoms with van der Waals surface area (Å²) in [6.07, 6.45) is 1.30. The fraction of sp³-hybridized carbons (Fsp3) is 0.391. The van der Waals surface area contributed by atoms with E-state index in [4.69, 9.17) is 9.47 Å². The Labute approximate surface area is 196 Å². The molecule has 0 saturated carbocycles. The van der Waals surface area contributed by atoms with Crippen molar-refractivity contribution in [2.24, 2.45) is 0 Å². The molecule has 0 atom stereocenters. The van der Waals surface area contributed by atoms with Gasteiger partial charge < -0.3 is 19.7 Å². The molecule has 1 aliphatic rings. The van der Waals surface area contributed by atoms with Crippen molar-refractivity contribution in [1.29, 1.82) is 0 Å².